The standard InChI is InChI=1S/C21H24N4O3S/c26-19(23-14-5-2-1-3-6-14)9-8-16-12-22-20(27)17-11-15(13-25(16)17)24-21(28)18-7-4-10-29-18/h1-7,10,15-17H,8-9,11-13H2,(H,22,27)(H,23,26)(H,24,28)/t15-,16+,17-/m0/s1. The smallest absolute Gasteiger partial charge is 0.261 e. The Kier molecular flexibility index (Phi) is 5.92. The molecule has 8 heteroatoms. The summed E-state index contributed by atoms with van der Waals surface area (Å²) in [6.45, 7) is 1.15. The SMILES string of the molecule is O=C(CC[C@@H]1CNC(=O)[C@@H]2C[C@H](NC(=O)c3cccs3)CN12)Nc1ccccc1. The molecule has 3 N–H and O–H groups in total. The molecule has 29 heavy (non-hydrogen) atoms. The van der Waals surface area contributed by atoms with Gasteiger partial charge in [-0.1, -0.05) is 24.3 Å². The number of rotatable bonds is 6. The Morgan fingerprint density at radius 3 is 2.76 bits per heavy atom. The van der Waals surface area contributed by atoms with Crippen molar-refractivity contribution in [2.75, 3.05) is 18.4 Å². The van der Waals surface area contributed by atoms with Gasteiger partial charge in [0.05, 0.1) is 10.9 Å². The first kappa shape index (κ1) is 19.6. The van der Waals surface area contributed by atoms with E-state index in [-0.39, 0.29) is 35.8 Å². The Bertz CT molecular complexity index is 871. The minimum Gasteiger partial charge on any atom is -0.353 e. The van der Waals surface area contributed by atoms with E-state index in [0.717, 1.165) is 5.69 Å². The fourth-order valence-corrected chi connectivity index (χ4v) is 4.68. The number of nitrogens with zero attached hydrogens (tertiary/aromatic N) is 1. The fourth-order valence-electron chi connectivity index (χ4n) is 4.06. The summed E-state index contributed by atoms with van der Waals surface area (Å²) < 4.78 is 0. The van der Waals surface area contributed by atoms with E-state index < -0.39 is 0 Å². The quantitative estimate of drug-likeness (QED) is 0.675. The van der Waals surface area contributed by atoms with Crippen LogP contribution in [0.2, 0.25) is 0 Å². The van der Waals surface area contributed by atoms with Gasteiger partial charge in [0.1, 0.15) is 0 Å². The van der Waals surface area contributed by atoms with Crippen LogP contribution in [0.1, 0.15) is 28.9 Å². The molecule has 3 heterocycles. The van der Waals surface area contributed by atoms with Gasteiger partial charge in [-0.25, -0.2) is 0 Å². The van der Waals surface area contributed by atoms with Gasteiger partial charge in [-0.3, -0.25) is 19.3 Å². The van der Waals surface area contributed by atoms with Crippen molar-refractivity contribution >= 4 is 34.7 Å². The molecular weight excluding hydrogens is 388 g/mol. The Morgan fingerprint density at radius 1 is 1.17 bits per heavy atom. The number of hydrogen-bond donors (Lipinski definition) is 3. The van der Waals surface area contributed by atoms with Crippen molar-refractivity contribution < 1.29 is 14.4 Å². The minimum atomic E-state index is -0.250. The summed E-state index contributed by atoms with van der Waals surface area (Å²) in [5.41, 5.74) is 0.782. The Morgan fingerprint density at radius 2 is 2.00 bits per heavy atom. The third-order valence-electron chi connectivity index (χ3n) is 5.47. The summed E-state index contributed by atoms with van der Waals surface area (Å²) in [4.78, 5) is 39.8. The lowest BCUT2D eigenvalue weighted by molar-refractivity contribution is -0.129. The average Bonchev–Trinajstić information content (AvgIpc) is 3.39. The summed E-state index contributed by atoms with van der Waals surface area (Å²) in [6, 6.07) is 12.8. The molecule has 2 saturated heterocycles. The van der Waals surface area contributed by atoms with E-state index >= 15 is 0 Å². The first-order valence-electron chi connectivity index (χ1n) is 9.83. The van der Waals surface area contributed by atoms with Crippen LogP contribution in [0.4, 0.5) is 5.69 Å². The van der Waals surface area contributed by atoms with E-state index in [1.54, 1.807) is 6.07 Å². The van der Waals surface area contributed by atoms with Crippen LogP contribution in [0.3, 0.4) is 0 Å². The maximum Gasteiger partial charge on any atom is 0.261 e. The number of para-hydroxylation sites is 1. The highest BCUT2D eigenvalue weighted by atomic mass is 32.1. The molecule has 1 aromatic carbocycles. The molecular formula is C21H24N4O3S. The molecule has 0 saturated carbocycles. The number of thiophene rings is 1. The summed E-state index contributed by atoms with van der Waals surface area (Å²) in [5, 5.41) is 10.8. The number of anilines is 1. The van der Waals surface area contributed by atoms with Gasteiger partial charge in [0.25, 0.3) is 5.91 Å². The highest BCUT2D eigenvalue weighted by molar-refractivity contribution is 7.12. The van der Waals surface area contributed by atoms with Crippen molar-refractivity contribution in [3.05, 3.63) is 52.7 Å². The Balaban J connectivity index is 1.32. The maximum absolute atomic E-state index is 12.3. The fraction of sp³-hybridized carbons (Fsp3) is 0.381. The normalized spacial score (nSPS) is 23.9. The molecule has 7 nitrogen and oxygen atoms in total. The topological polar surface area (TPSA) is 90.5 Å². The highest BCUT2D eigenvalue weighted by Gasteiger charge is 2.43. The monoisotopic (exact) mass is 412 g/mol. The summed E-state index contributed by atoms with van der Waals surface area (Å²) in [5.74, 6) is -0.127. The molecule has 0 radical (unpaired) electrons. The Labute approximate surface area is 173 Å². The van der Waals surface area contributed by atoms with Gasteiger partial charge in [0.2, 0.25) is 11.8 Å². The lowest BCUT2D eigenvalue weighted by Crippen LogP contribution is -2.57. The molecule has 0 spiro atoms. The molecule has 2 aliphatic rings. The lowest BCUT2D eigenvalue weighted by Gasteiger charge is -2.37. The van der Waals surface area contributed by atoms with Crippen molar-refractivity contribution in [2.24, 2.45) is 0 Å². The van der Waals surface area contributed by atoms with Crippen molar-refractivity contribution in [2.45, 2.75) is 37.4 Å². The molecule has 0 bridgehead atoms. The largest absolute Gasteiger partial charge is 0.353 e. The van der Waals surface area contributed by atoms with Crippen LogP contribution < -0.4 is 16.0 Å². The molecule has 0 unspecified atom stereocenters. The van der Waals surface area contributed by atoms with Crippen LogP contribution >= 0.6 is 11.3 Å². The van der Waals surface area contributed by atoms with Crippen LogP contribution in [0, 0.1) is 0 Å². The lowest BCUT2D eigenvalue weighted by atomic mass is 10.0. The number of carbonyl (C=O) groups excluding carboxylic acids is 3. The van der Waals surface area contributed by atoms with Crippen LogP contribution in [0.15, 0.2) is 47.8 Å². The average molecular weight is 413 g/mol. The van der Waals surface area contributed by atoms with Crippen LogP contribution in [-0.4, -0.2) is 53.8 Å². The van der Waals surface area contributed by atoms with Crippen LogP contribution in [0.25, 0.3) is 0 Å². The molecule has 2 fully saturated rings. The second-order valence-corrected chi connectivity index (χ2v) is 8.40. The predicted octanol–water partition coefficient (Wildman–Crippen LogP) is 1.84. The van der Waals surface area contributed by atoms with E-state index in [9.17, 15) is 14.4 Å². The first-order valence-corrected chi connectivity index (χ1v) is 10.7. The van der Waals surface area contributed by atoms with Crippen molar-refractivity contribution in [1.82, 2.24) is 15.5 Å². The van der Waals surface area contributed by atoms with E-state index in [1.807, 2.05) is 41.8 Å². The minimum absolute atomic E-state index is 0.00265. The van der Waals surface area contributed by atoms with Crippen molar-refractivity contribution in [1.29, 1.82) is 0 Å². The molecule has 2 aliphatic heterocycles. The van der Waals surface area contributed by atoms with Gasteiger partial charge < -0.3 is 16.0 Å². The molecule has 0 aliphatic carbocycles. The van der Waals surface area contributed by atoms with Gasteiger partial charge in [-0.05, 0) is 36.4 Å². The van der Waals surface area contributed by atoms with Crippen LogP contribution in [0.5, 0.6) is 0 Å². The van der Waals surface area contributed by atoms with Gasteiger partial charge in [0.15, 0.2) is 0 Å². The number of piperazine rings is 1. The van der Waals surface area contributed by atoms with Gasteiger partial charge in [-0.2, -0.15) is 0 Å². The highest BCUT2D eigenvalue weighted by Crippen LogP contribution is 2.26. The second kappa shape index (κ2) is 8.75. The summed E-state index contributed by atoms with van der Waals surface area (Å²) >= 11 is 1.40. The van der Waals surface area contributed by atoms with Crippen molar-refractivity contribution in [3.63, 3.8) is 0 Å². The third-order valence-corrected chi connectivity index (χ3v) is 6.33. The molecule has 2 aromatic rings. The molecule has 3 atom stereocenters. The molecule has 1 aromatic heterocycles. The number of nitrogens with one attached hydrogen (secondary N) is 3. The molecule has 4 rings (SSSR count). The summed E-state index contributed by atoms with van der Waals surface area (Å²) in [7, 11) is 0. The van der Waals surface area contributed by atoms with Crippen molar-refractivity contribution in [3.8, 4) is 0 Å². The van der Waals surface area contributed by atoms with E-state index in [0.29, 0.717) is 37.2 Å². The number of amides is 3. The summed E-state index contributed by atoms with van der Waals surface area (Å²) in [6.07, 6.45) is 1.63. The van der Waals surface area contributed by atoms with Crippen LogP contribution in [-0.2, 0) is 9.59 Å². The zero-order valence-corrected chi connectivity index (χ0v) is 16.8. The van der Waals surface area contributed by atoms with E-state index in [2.05, 4.69) is 20.9 Å². The maximum atomic E-state index is 12.3. The van der Waals surface area contributed by atoms with Gasteiger partial charge in [0, 0.05) is 37.3 Å². The number of fused-ring (bicyclic) bond motifs is 1. The van der Waals surface area contributed by atoms with E-state index in [1.165, 1.54) is 11.3 Å². The predicted molar refractivity (Wildman–Crippen MR) is 112 cm³/mol. The zero-order valence-electron chi connectivity index (χ0n) is 16.0. The van der Waals surface area contributed by atoms with Gasteiger partial charge in [-0.15, -0.1) is 11.3 Å². The number of benzene rings is 1. The molecule has 3 amide bonds. The third kappa shape index (κ3) is 4.65. The first-order chi connectivity index (χ1) is 14.1. The Hall–Kier alpha value is -2.71. The zero-order chi connectivity index (χ0) is 20.2. The van der Waals surface area contributed by atoms with E-state index in [4.69, 9.17) is 0 Å². The molecule has 152 valence electrons. The second-order valence-electron chi connectivity index (χ2n) is 7.45. The number of carbonyl (C=O) groups is 3. The van der Waals surface area contributed by atoms with Gasteiger partial charge >= 0.3 is 0 Å². The number of hydrogen-bond acceptors (Lipinski definition) is 5.